The summed E-state index contributed by atoms with van der Waals surface area (Å²) in [6, 6.07) is 8.73. The molecule has 1 heterocycles. The number of urea groups is 1. The first-order valence-corrected chi connectivity index (χ1v) is 12.8. The molecule has 1 saturated heterocycles. The number of allylic oxidation sites excluding steroid dienone is 4. The molecular weight excluding hydrogens is 443 g/mol. The van der Waals surface area contributed by atoms with Gasteiger partial charge >= 0.3 is 6.03 Å². The maximum atomic E-state index is 13.3. The van der Waals surface area contributed by atoms with Crippen molar-refractivity contribution in [3.63, 3.8) is 0 Å². The number of rotatable bonds is 12. The first-order valence-electron chi connectivity index (χ1n) is 12.8. The molecule has 1 aromatic carbocycles. The van der Waals surface area contributed by atoms with E-state index in [0.29, 0.717) is 24.1 Å². The summed E-state index contributed by atoms with van der Waals surface area (Å²) in [5.41, 5.74) is 1.64. The zero-order chi connectivity index (χ0) is 25.0. The Bertz CT molecular complexity index is 909. The summed E-state index contributed by atoms with van der Waals surface area (Å²) in [5, 5.41) is 9.26. The number of piperidine rings is 1. The fourth-order valence-corrected chi connectivity index (χ4v) is 4.44. The minimum absolute atomic E-state index is 0.0135. The Labute approximate surface area is 208 Å². The number of amides is 3. The third-order valence-corrected chi connectivity index (χ3v) is 6.63. The maximum Gasteiger partial charge on any atom is 0.319 e. The van der Waals surface area contributed by atoms with Crippen molar-refractivity contribution in [1.29, 1.82) is 0 Å². The monoisotopic (exact) mass is 482 g/mol. The first-order chi connectivity index (χ1) is 17.0. The summed E-state index contributed by atoms with van der Waals surface area (Å²) in [6.45, 7) is 8.08. The lowest BCUT2D eigenvalue weighted by molar-refractivity contribution is -0.134. The van der Waals surface area contributed by atoms with Crippen molar-refractivity contribution in [1.82, 2.24) is 15.5 Å². The number of nitrogens with zero attached hydrogens (tertiary/aromatic N) is 1. The van der Waals surface area contributed by atoms with Gasteiger partial charge in [-0.2, -0.15) is 0 Å². The van der Waals surface area contributed by atoms with E-state index in [4.69, 9.17) is 0 Å². The standard InChI is InChI=1S/C28H39FN4O2/c1-3-22(29)16-15-21(2)24-20-26(24)30-17-9-8-14-25(27(34)33-18-10-5-11-19-33)32-28(35)31-23-12-6-4-7-13-23/h3-4,6-7,12-13,15-16,24-26,30H,2,5,8-11,14,17-20H2,1H3,(H2,31,32,35)/b16-15-,22-3+/t24-,25-,26+/m0/s1. The van der Waals surface area contributed by atoms with E-state index in [1.165, 1.54) is 12.2 Å². The van der Waals surface area contributed by atoms with E-state index in [2.05, 4.69) is 22.5 Å². The van der Waals surface area contributed by atoms with Gasteiger partial charge < -0.3 is 20.9 Å². The van der Waals surface area contributed by atoms with E-state index in [9.17, 15) is 14.0 Å². The number of halogens is 1. The average Bonchev–Trinajstić information content (AvgIpc) is 3.66. The molecule has 2 fully saturated rings. The highest BCUT2D eigenvalue weighted by Crippen LogP contribution is 2.37. The fraction of sp³-hybridized carbons (Fsp3) is 0.500. The number of benzene rings is 1. The van der Waals surface area contributed by atoms with E-state index in [1.54, 1.807) is 13.0 Å². The molecule has 7 heteroatoms. The van der Waals surface area contributed by atoms with Crippen LogP contribution in [0.1, 0.15) is 51.9 Å². The summed E-state index contributed by atoms with van der Waals surface area (Å²) in [5.74, 6) is 0.114. The van der Waals surface area contributed by atoms with Crippen LogP contribution in [0.4, 0.5) is 14.9 Å². The molecule has 190 valence electrons. The number of carbonyl (C=O) groups excluding carboxylic acids is 2. The Morgan fingerprint density at radius 2 is 1.89 bits per heavy atom. The second-order valence-electron chi connectivity index (χ2n) is 9.38. The molecule has 3 rings (SSSR count). The summed E-state index contributed by atoms with van der Waals surface area (Å²) < 4.78 is 13.3. The topological polar surface area (TPSA) is 73.5 Å². The highest BCUT2D eigenvalue weighted by molar-refractivity contribution is 5.93. The highest BCUT2D eigenvalue weighted by atomic mass is 19.1. The lowest BCUT2D eigenvalue weighted by Gasteiger charge is -2.31. The minimum atomic E-state index is -0.531. The van der Waals surface area contributed by atoms with Gasteiger partial charge in [-0.1, -0.05) is 42.5 Å². The molecule has 35 heavy (non-hydrogen) atoms. The van der Waals surface area contributed by atoms with Crippen LogP contribution in [0.3, 0.4) is 0 Å². The van der Waals surface area contributed by atoms with Crippen LogP contribution in [0.25, 0.3) is 0 Å². The van der Waals surface area contributed by atoms with Crippen LogP contribution < -0.4 is 16.0 Å². The lowest BCUT2D eigenvalue weighted by atomic mass is 10.1. The summed E-state index contributed by atoms with van der Waals surface area (Å²) in [4.78, 5) is 27.6. The van der Waals surface area contributed by atoms with Crippen molar-refractivity contribution in [2.45, 2.75) is 64.0 Å². The SMILES string of the molecule is C=C(/C=C\C(F)=C/C)[C@@H]1C[C@H]1NCCCC[C@H](NC(=O)Nc1ccccc1)C(=O)N1CCCCC1. The summed E-state index contributed by atoms with van der Waals surface area (Å²) in [6.07, 6.45) is 11.2. The number of hydrogen-bond donors (Lipinski definition) is 3. The first kappa shape index (κ1) is 26.7. The van der Waals surface area contributed by atoms with Crippen LogP contribution in [0.15, 0.2) is 66.5 Å². The minimum Gasteiger partial charge on any atom is -0.341 e. The zero-order valence-electron chi connectivity index (χ0n) is 20.8. The van der Waals surface area contributed by atoms with Gasteiger partial charge in [0.05, 0.1) is 0 Å². The molecule has 0 spiro atoms. The third kappa shape index (κ3) is 8.98. The summed E-state index contributed by atoms with van der Waals surface area (Å²) in [7, 11) is 0. The lowest BCUT2D eigenvalue weighted by Crippen LogP contribution is -2.51. The van der Waals surface area contributed by atoms with Gasteiger partial charge in [-0.05, 0) is 76.6 Å². The van der Waals surface area contributed by atoms with E-state index < -0.39 is 6.04 Å². The molecule has 0 bridgehead atoms. The normalized spacial score (nSPS) is 21.0. The average molecular weight is 483 g/mol. The largest absolute Gasteiger partial charge is 0.341 e. The van der Waals surface area contributed by atoms with Crippen LogP contribution in [0.5, 0.6) is 0 Å². The second kappa shape index (κ2) is 13.8. The Morgan fingerprint density at radius 3 is 2.60 bits per heavy atom. The van der Waals surface area contributed by atoms with Crippen molar-refractivity contribution < 1.29 is 14.0 Å². The number of carbonyl (C=O) groups is 2. The molecule has 1 aromatic rings. The molecule has 0 unspecified atom stereocenters. The molecule has 3 amide bonds. The van der Waals surface area contributed by atoms with Crippen LogP contribution in [-0.4, -0.2) is 48.6 Å². The molecule has 0 radical (unpaired) electrons. The van der Waals surface area contributed by atoms with Gasteiger partial charge in [-0.15, -0.1) is 0 Å². The molecule has 2 aliphatic rings. The predicted molar refractivity (Wildman–Crippen MR) is 140 cm³/mol. The van der Waals surface area contributed by atoms with Crippen molar-refractivity contribution in [2.24, 2.45) is 5.92 Å². The number of likely N-dealkylation sites (tertiary alicyclic amines) is 1. The Balaban J connectivity index is 1.42. The van der Waals surface area contributed by atoms with Gasteiger partial charge in [0.2, 0.25) is 5.91 Å². The predicted octanol–water partition coefficient (Wildman–Crippen LogP) is 5.32. The number of nitrogens with one attached hydrogen (secondary N) is 3. The quantitative estimate of drug-likeness (QED) is 0.279. The van der Waals surface area contributed by atoms with E-state index in [1.807, 2.05) is 35.2 Å². The maximum absolute atomic E-state index is 13.3. The van der Waals surface area contributed by atoms with Gasteiger partial charge in [0.25, 0.3) is 0 Å². The molecular formula is C28H39FN4O2. The molecule has 6 nitrogen and oxygen atoms in total. The zero-order valence-corrected chi connectivity index (χ0v) is 20.8. The number of para-hydroxylation sites is 1. The second-order valence-corrected chi connectivity index (χ2v) is 9.38. The van der Waals surface area contributed by atoms with Crippen molar-refractivity contribution in [3.8, 4) is 0 Å². The van der Waals surface area contributed by atoms with Crippen LogP contribution in [-0.2, 0) is 4.79 Å². The van der Waals surface area contributed by atoms with Gasteiger partial charge in [0.1, 0.15) is 11.9 Å². The number of unbranched alkanes of at least 4 members (excludes halogenated alkanes) is 1. The van der Waals surface area contributed by atoms with Crippen molar-refractivity contribution in [3.05, 3.63) is 66.5 Å². The van der Waals surface area contributed by atoms with Crippen LogP contribution in [0.2, 0.25) is 0 Å². The molecule has 1 saturated carbocycles. The van der Waals surface area contributed by atoms with Gasteiger partial charge in [-0.25, -0.2) is 9.18 Å². The smallest absolute Gasteiger partial charge is 0.319 e. The van der Waals surface area contributed by atoms with E-state index in [0.717, 1.165) is 63.7 Å². The molecule has 3 N–H and O–H groups in total. The van der Waals surface area contributed by atoms with Crippen LogP contribution in [0, 0.1) is 5.92 Å². The fourth-order valence-electron chi connectivity index (χ4n) is 4.44. The third-order valence-electron chi connectivity index (χ3n) is 6.63. The number of hydrogen-bond acceptors (Lipinski definition) is 3. The van der Waals surface area contributed by atoms with E-state index >= 15 is 0 Å². The highest BCUT2D eigenvalue weighted by Gasteiger charge is 2.37. The Kier molecular flexibility index (Phi) is 10.5. The molecule has 1 aliphatic heterocycles. The summed E-state index contributed by atoms with van der Waals surface area (Å²) >= 11 is 0. The van der Waals surface area contributed by atoms with Gasteiger partial charge in [0, 0.05) is 30.7 Å². The van der Waals surface area contributed by atoms with Gasteiger partial charge in [-0.3, -0.25) is 4.79 Å². The number of anilines is 1. The van der Waals surface area contributed by atoms with Crippen molar-refractivity contribution in [2.75, 3.05) is 25.0 Å². The Morgan fingerprint density at radius 1 is 1.14 bits per heavy atom. The van der Waals surface area contributed by atoms with Crippen molar-refractivity contribution >= 4 is 17.6 Å². The van der Waals surface area contributed by atoms with Gasteiger partial charge in [0.15, 0.2) is 0 Å². The molecule has 3 atom stereocenters. The van der Waals surface area contributed by atoms with E-state index in [-0.39, 0.29) is 17.8 Å². The van der Waals surface area contributed by atoms with Crippen LogP contribution >= 0.6 is 0 Å². The molecule has 0 aromatic heterocycles. The molecule has 1 aliphatic carbocycles. The Hall–Kier alpha value is -2.93.